The molecule has 0 aliphatic carbocycles. The van der Waals surface area contributed by atoms with E-state index in [-0.39, 0.29) is 0 Å². The van der Waals surface area contributed by atoms with Crippen molar-refractivity contribution in [3.8, 4) is 5.75 Å². The molecule has 1 aromatic rings. The van der Waals surface area contributed by atoms with E-state index in [1.165, 1.54) is 5.56 Å². The van der Waals surface area contributed by atoms with Gasteiger partial charge in [0.05, 0.1) is 0 Å². The molecule has 1 N–H and O–H groups in total. The Hall–Kier alpha value is -0.800. The molecule has 1 aromatic carbocycles. The lowest BCUT2D eigenvalue weighted by atomic mass is 10.0. The summed E-state index contributed by atoms with van der Waals surface area (Å²) in [7, 11) is 0. The first-order valence-corrected chi connectivity index (χ1v) is 7.14. The van der Waals surface area contributed by atoms with Gasteiger partial charge in [0.15, 0.2) is 0 Å². The first-order chi connectivity index (χ1) is 8.54. The highest BCUT2D eigenvalue weighted by atomic mass is 79.9. The van der Waals surface area contributed by atoms with Crippen molar-refractivity contribution in [2.24, 2.45) is 0 Å². The van der Waals surface area contributed by atoms with Crippen molar-refractivity contribution >= 4 is 15.9 Å². The van der Waals surface area contributed by atoms with E-state index in [4.69, 9.17) is 4.74 Å². The van der Waals surface area contributed by atoms with Crippen LogP contribution in [0.15, 0.2) is 29.3 Å². The quantitative estimate of drug-likeness (QED) is 0.808. The molecule has 18 heavy (non-hydrogen) atoms. The summed E-state index contributed by atoms with van der Waals surface area (Å²) in [5.41, 5.74) is 2.46. The van der Waals surface area contributed by atoms with Gasteiger partial charge in [-0.3, -0.25) is 0 Å². The predicted octanol–water partition coefficient (Wildman–Crippen LogP) is 4.34. The Morgan fingerprint density at radius 1 is 1.50 bits per heavy atom. The van der Waals surface area contributed by atoms with Gasteiger partial charge in [-0.15, -0.1) is 0 Å². The summed E-state index contributed by atoms with van der Waals surface area (Å²) in [6.07, 6.45) is 1.15. The zero-order chi connectivity index (χ0) is 13.5. The maximum absolute atomic E-state index is 5.65. The second-order valence-electron chi connectivity index (χ2n) is 4.51. The molecule has 1 atom stereocenters. The Kier molecular flexibility index (Phi) is 6.44. The minimum Gasteiger partial charge on any atom is -0.488 e. The van der Waals surface area contributed by atoms with Crippen LogP contribution in [0.5, 0.6) is 5.75 Å². The molecule has 0 amide bonds. The Morgan fingerprint density at radius 2 is 2.22 bits per heavy atom. The number of aryl methyl sites for hydroxylation is 1. The molecular formula is C15H22BrNO. The molecule has 0 radical (unpaired) electrons. The Balaban J connectivity index is 2.69. The van der Waals surface area contributed by atoms with E-state index in [9.17, 15) is 0 Å². The first kappa shape index (κ1) is 15.3. The van der Waals surface area contributed by atoms with Crippen LogP contribution in [0.4, 0.5) is 0 Å². The van der Waals surface area contributed by atoms with Crippen molar-refractivity contribution in [1.82, 2.24) is 5.32 Å². The van der Waals surface area contributed by atoms with Crippen LogP contribution < -0.4 is 10.1 Å². The molecule has 0 aliphatic heterocycles. The molecule has 0 aromatic heterocycles. The Bertz CT molecular complexity index is 403. The fraction of sp³-hybridized carbons (Fsp3) is 0.467. The summed E-state index contributed by atoms with van der Waals surface area (Å²) in [5.74, 6) is 0.919. The topological polar surface area (TPSA) is 21.3 Å². The van der Waals surface area contributed by atoms with Crippen molar-refractivity contribution in [2.45, 2.75) is 33.2 Å². The molecule has 0 fully saturated rings. The number of halogens is 1. The van der Waals surface area contributed by atoms with E-state index in [0.717, 1.165) is 28.8 Å². The molecule has 0 bridgehead atoms. The van der Waals surface area contributed by atoms with Crippen molar-refractivity contribution in [3.63, 3.8) is 0 Å². The average molecular weight is 312 g/mol. The van der Waals surface area contributed by atoms with Gasteiger partial charge in [0, 0.05) is 10.5 Å². The van der Waals surface area contributed by atoms with E-state index in [2.05, 4.69) is 60.7 Å². The van der Waals surface area contributed by atoms with Gasteiger partial charge in [-0.05, 0) is 44.0 Å². The van der Waals surface area contributed by atoms with Gasteiger partial charge in [-0.25, -0.2) is 0 Å². The Labute approximate surface area is 119 Å². The van der Waals surface area contributed by atoms with Gasteiger partial charge in [-0.1, -0.05) is 41.6 Å². The van der Waals surface area contributed by atoms with E-state index >= 15 is 0 Å². The summed E-state index contributed by atoms with van der Waals surface area (Å²) in [5, 5.41) is 3.48. The van der Waals surface area contributed by atoms with E-state index in [0.29, 0.717) is 12.6 Å². The number of benzene rings is 1. The minimum atomic E-state index is 0.379. The monoisotopic (exact) mass is 311 g/mol. The van der Waals surface area contributed by atoms with Crippen molar-refractivity contribution in [1.29, 1.82) is 0 Å². The maximum Gasteiger partial charge on any atom is 0.122 e. The summed E-state index contributed by atoms with van der Waals surface area (Å²) in [4.78, 5) is 0. The van der Waals surface area contributed by atoms with Crippen molar-refractivity contribution in [3.05, 3.63) is 40.4 Å². The van der Waals surface area contributed by atoms with Crippen LogP contribution in [0.3, 0.4) is 0 Å². The molecule has 0 saturated carbocycles. The molecule has 0 spiro atoms. The second kappa shape index (κ2) is 7.59. The highest BCUT2D eigenvalue weighted by Crippen LogP contribution is 2.23. The van der Waals surface area contributed by atoms with Crippen LogP contribution in [0, 0.1) is 6.92 Å². The lowest BCUT2D eigenvalue weighted by Gasteiger charge is -2.16. The largest absolute Gasteiger partial charge is 0.488 e. The number of nitrogens with one attached hydrogen (secondary N) is 1. The number of hydrogen-bond acceptors (Lipinski definition) is 2. The van der Waals surface area contributed by atoms with E-state index in [1.54, 1.807) is 0 Å². The van der Waals surface area contributed by atoms with Gasteiger partial charge in [-0.2, -0.15) is 0 Å². The van der Waals surface area contributed by atoms with Crippen molar-refractivity contribution < 1.29 is 4.74 Å². The van der Waals surface area contributed by atoms with Crippen LogP contribution in [0.1, 0.15) is 37.4 Å². The molecule has 2 nitrogen and oxygen atoms in total. The third-order valence-electron chi connectivity index (χ3n) is 2.78. The fourth-order valence-electron chi connectivity index (χ4n) is 1.74. The lowest BCUT2D eigenvalue weighted by molar-refractivity contribution is 0.358. The summed E-state index contributed by atoms with van der Waals surface area (Å²) in [6.45, 7) is 11.7. The van der Waals surface area contributed by atoms with Gasteiger partial charge in [0.1, 0.15) is 12.4 Å². The van der Waals surface area contributed by atoms with Gasteiger partial charge in [0.2, 0.25) is 0 Å². The molecule has 1 unspecified atom stereocenters. The fourth-order valence-corrected chi connectivity index (χ4v) is 1.85. The molecule has 1 rings (SSSR count). The normalized spacial score (nSPS) is 12.2. The number of hydrogen-bond donors (Lipinski definition) is 1. The van der Waals surface area contributed by atoms with Crippen LogP contribution in [0.25, 0.3) is 0 Å². The highest BCUT2D eigenvalue weighted by molar-refractivity contribution is 9.11. The van der Waals surface area contributed by atoms with Crippen LogP contribution in [0.2, 0.25) is 0 Å². The average Bonchev–Trinajstić information content (AvgIpc) is 2.34. The highest BCUT2D eigenvalue weighted by Gasteiger charge is 2.07. The molecule has 3 heteroatoms. The minimum absolute atomic E-state index is 0.379. The van der Waals surface area contributed by atoms with Crippen molar-refractivity contribution in [2.75, 3.05) is 13.2 Å². The predicted molar refractivity (Wildman–Crippen MR) is 81.4 cm³/mol. The summed E-state index contributed by atoms with van der Waals surface area (Å²) in [6, 6.07) is 6.71. The zero-order valence-corrected chi connectivity index (χ0v) is 13.0. The molecule has 0 saturated heterocycles. The molecular weight excluding hydrogens is 290 g/mol. The van der Waals surface area contributed by atoms with E-state index in [1.807, 2.05) is 6.07 Å². The van der Waals surface area contributed by atoms with Gasteiger partial charge >= 0.3 is 0 Å². The maximum atomic E-state index is 5.65. The Morgan fingerprint density at radius 3 is 2.78 bits per heavy atom. The zero-order valence-electron chi connectivity index (χ0n) is 11.4. The van der Waals surface area contributed by atoms with Crippen LogP contribution in [-0.4, -0.2) is 13.2 Å². The third kappa shape index (κ3) is 4.83. The summed E-state index contributed by atoms with van der Waals surface area (Å²) >= 11 is 3.29. The third-order valence-corrected chi connectivity index (χ3v) is 3.01. The SMILES string of the molecule is C=C(Br)COc1ccc(C(C)NCCC)cc1C. The molecule has 100 valence electrons. The second-order valence-corrected chi connectivity index (χ2v) is 5.63. The standard InChI is InChI=1S/C15H22BrNO/c1-5-8-17-13(4)14-6-7-15(11(2)9-14)18-10-12(3)16/h6-7,9,13,17H,3,5,8,10H2,1-2,4H3. The number of rotatable bonds is 7. The van der Waals surface area contributed by atoms with Crippen LogP contribution in [-0.2, 0) is 0 Å². The summed E-state index contributed by atoms with van der Waals surface area (Å²) < 4.78 is 6.50. The van der Waals surface area contributed by atoms with Crippen LogP contribution >= 0.6 is 15.9 Å². The smallest absolute Gasteiger partial charge is 0.122 e. The molecule has 0 aliphatic rings. The van der Waals surface area contributed by atoms with E-state index < -0.39 is 0 Å². The van der Waals surface area contributed by atoms with Gasteiger partial charge < -0.3 is 10.1 Å². The lowest BCUT2D eigenvalue weighted by Crippen LogP contribution is -2.19. The molecule has 0 heterocycles. The van der Waals surface area contributed by atoms with Gasteiger partial charge in [0.25, 0.3) is 0 Å². The first-order valence-electron chi connectivity index (χ1n) is 6.34. The number of ether oxygens (including phenoxy) is 1.